The first-order chi connectivity index (χ1) is 7.57. The molecule has 1 rings (SSSR count). The lowest BCUT2D eigenvalue weighted by Gasteiger charge is -2.02. The Balaban J connectivity index is 2.29. The van der Waals surface area contributed by atoms with Gasteiger partial charge in [-0.1, -0.05) is 6.92 Å². The van der Waals surface area contributed by atoms with Gasteiger partial charge in [0.05, 0.1) is 5.75 Å². The molecule has 0 spiro atoms. The average molecular weight is 258 g/mol. The molecule has 0 saturated carbocycles. The Hall–Kier alpha value is -0.900. The summed E-state index contributed by atoms with van der Waals surface area (Å²) in [7, 11) is -2.88. The van der Waals surface area contributed by atoms with Crippen molar-refractivity contribution in [3.8, 4) is 6.07 Å². The molecule has 0 aliphatic rings. The molecule has 0 atom stereocenters. The highest BCUT2D eigenvalue weighted by molar-refractivity contribution is 7.91. The summed E-state index contributed by atoms with van der Waals surface area (Å²) < 4.78 is 22.4. The van der Waals surface area contributed by atoms with Crippen LogP contribution in [0.25, 0.3) is 0 Å². The van der Waals surface area contributed by atoms with E-state index in [1.54, 1.807) is 13.0 Å². The second-order valence-electron chi connectivity index (χ2n) is 3.29. The van der Waals surface area contributed by atoms with E-state index in [0.717, 1.165) is 4.88 Å². The van der Waals surface area contributed by atoms with Crippen LogP contribution in [-0.2, 0) is 16.4 Å². The van der Waals surface area contributed by atoms with E-state index in [0.29, 0.717) is 18.0 Å². The van der Waals surface area contributed by atoms with Gasteiger partial charge in [0.25, 0.3) is 0 Å². The SMILES string of the molecule is CCS(=O)(=O)CCNCc1ccc(C#N)s1. The molecular formula is C10H14N2O2S2. The summed E-state index contributed by atoms with van der Waals surface area (Å²) in [5.41, 5.74) is 0. The molecule has 0 radical (unpaired) electrons. The first kappa shape index (κ1) is 13.2. The normalized spacial score (nSPS) is 11.2. The second kappa shape index (κ2) is 5.99. The Labute approximate surface area is 99.8 Å². The average Bonchev–Trinajstić information content (AvgIpc) is 2.72. The minimum atomic E-state index is -2.88. The molecular weight excluding hydrogens is 244 g/mol. The Morgan fingerprint density at radius 1 is 1.50 bits per heavy atom. The summed E-state index contributed by atoms with van der Waals surface area (Å²) in [6, 6.07) is 5.71. The van der Waals surface area contributed by atoms with Crippen LogP contribution in [0.3, 0.4) is 0 Å². The van der Waals surface area contributed by atoms with Gasteiger partial charge in [0.15, 0.2) is 9.84 Å². The van der Waals surface area contributed by atoms with E-state index in [9.17, 15) is 8.42 Å². The topological polar surface area (TPSA) is 70.0 Å². The number of nitrogens with one attached hydrogen (secondary N) is 1. The molecule has 0 saturated heterocycles. The molecule has 0 unspecified atom stereocenters. The van der Waals surface area contributed by atoms with Gasteiger partial charge < -0.3 is 5.32 Å². The van der Waals surface area contributed by atoms with Gasteiger partial charge in [-0.15, -0.1) is 11.3 Å². The maximum Gasteiger partial charge on any atom is 0.151 e. The molecule has 1 aromatic rings. The van der Waals surface area contributed by atoms with Crippen molar-refractivity contribution in [2.45, 2.75) is 13.5 Å². The summed E-state index contributed by atoms with van der Waals surface area (Å²) in [5, 5.41) is 11.7. The number of hydrogen-bond donors (Lipinski definition) is 1. The third-order valence-electron chi connectivity index (χ3n) is 2.10. The molecule has 1 N–H and O–H groups in total. The quantitative estimate of drug-likeness (QED) is 0.777. The molecule has 16 heavy (non-hydrogen) atoms. The fourth-order valence-electron chi connectivity index (χ4n) is 1.12. The molecule has 1 heterocycles. The van der Waals surface area contributed by atoms with Crippen molar-refractivity contribution >= 4 is 21.2 Å². The molecule has 0 aliphatic heterocycles. The molecule has 88 valence electrons. The third-order valence-corrected chi connectivity index (χ3v) is 4.80. The summed E-state index contributed by atoms with van der Waals surface area (Å²) in [6.45, 7) is 2.72. The van der Waals surface area contributed by atoms with E-state index in [1.165, 1.54) is 11.3 Å². The van der Waals surface area contributed by atoms with E-state index in [1.807, 2.05) is 6.07 Å². The molecule has 0 fully saturated rings. The first-order valence-corrected chi connectivity index (χ1v) is 7.61. The molecule has 4 nitrogen and oxygen atoms in total. The van der Waals surface area contributed by atoms with Crippen molar-refractivity contribution < 1.29 is 8.42 Å². The molecule has 0 aliphatic carbocycles. The first-order valence-electron chi connectivity index (χ1n) is 4.97. The largest absolute Gasteiger partial charge is 0.311 e. The van der Waals surface area contributed by atoms with Gasteiger partial charge in [-0.25, -0.2) is 8.42 Å². The summed E-state index contributed by atoms with van der Waals surface area (Å²) in [5.74, 6) is 0.353. The predicted octanol–water partition coefficient (Wildman–Crippen LogP) is 1.14. The summed E-state index contributed by atoms with van der Waals surface area (Å²) >= 11 is 1.42. The lowest BCUT2D eigenvalue weighted by molar-refractivity contribution is 0.592. The summed E-state index contributed by atoms with van der Waals surface area (Å²) in [4.78, 5) is 1.73. The Morgan fingerprint density at radius 3 is 2.81 bits per heavy atom. The van der Waals surface area contributed by atoms with Gasteiger partial charge >= 0.3 is 0 Å². The van der Waals surface area contributed by atoms with Crippen LogP contribution in [-0.4, -0.2) is 26.5 Å². The zero-order chi connectivity index (χ0) is 12.0. The number of sulfone groups is 1. The minimum Gasteiger partial charge on any atom is -0.311 e. The molecule has 0 amide bonds. The van der Waals surface area contributed by atoms with E-state index in [2.05, 4.69) is 11.4 Å². The van der Waals surface area contributed by atoms with E-state index in [4.69, 9.17) is 5.26 Å². The van der Waals surface area contributed by atoms with Crippen LogP contribution in [0, 0.1) is 11.3 Å². The standard InChI is InChI=1S/C10H14N2O2S2/c1-2-16(13,14)6-5-12-8-10-4-3-9(7-11)15-10/h3-4,12H,2,5-6,8H2,1H3. The second-order valence-corrected chi connectivity index (χ2v) is 6.93. The van der Waals surface area contributed by atoms with Crippen LogP contribution in [0.5, 0.6) is 0 Å². The maximum absolute atomic E-state index is 11.2. The van der Waals surface area contributed by atoms with Crippen LogP contribution in [0.4, 0.5) is 0 Å². The van der Waals surface area contributed by atoms with Crippen LogP contribution >= 0.6 is 11.3 Å². The molecule has 0 bridgehead atoms. The van der Waals surface area contributed by atoms with Gasteiger partial charge in [0.1, 0.15) is 10.9 Å². The van der Waals surface area contributed by atoms with Gasteiger partial charge in [0, 0.05) is 23.7 Å². The summed E-state index contributed by atoms with van der Waals surface area (Å²) in [6.07, 6.45) is 0. The van der Waals surface area contributed by atoms with Crippen molar-refractivity contribution in [1.29, 1.82) is 5.26 Å². The van der Waals surface area contributed by atoms with Crippen molar-refractivity contribution in [1.82, 2.24) is 5.32 Å². The van der Waals surface area contributed by atoms with E-state index < -0.39 is 9.84 Å². The highest BCUT2D eigenvalue weighted by atomic mass is 32.2. The van der Waals surface area contributed by atoms with Crippen LogP contribution in [0.2, 0.25) is 0 Å². The fourth-order valence-corrected chi connectivity index (χ4v) is 2.64. The predicted molar refractivity (Wildman–Crippen MR) is 65.1 cm³/mol. The van der Waals surface area contributed by atoms with Gasteiger partial charge in [-0.3, -0.25) is 0 Å². The number of nitriles is 1. The van der Waals surface area contributed by atoms with Crippen LogP contribution < -0.4 is 5.32 Å². The number of nitrogens with zero attached hydrogens (tertiary/aromatic N) is 1. The van der Waals surface area contributed by atoms with Crippen molar-refractivity contribution in [3.05, 3.63) is 21.9 Å². The highest BCUT2D eigenvalue weighted by Crippen LogP contribution is 2.14. The molecule has 6 heteroatoms. The lowest BCUT2D eigenvalue weighted by atomic mass is 10.4. The van der Waals surface area contributed by atoms with Gasteiger partial charge in [-0.2, -0.15) is 5.26 Å². The van der Waals surface area contributed by atoms with Crippen molar-refractivity contribution in [2.24, 2.45) is 0 Å². The van der Waals surface area contributed by atoms with Gasteiger partial charge in [-0.05, 0) is 12.1 Å². The third kappa shape index (κ3) is 4.31. The molecule has 1 aromatic heterocycles. The zero-order valence-electron chi connectivity index (χ0n) is 9.06. The highest BCUT2D eigenvalue weighted by Gasteiger charge is 2.06. The Morgan fingerprint density at radius 2 is 2.25 bits per heavy atom. The smallest absolute Gasteiger partial charge is 0.151 e. The minimum absolute atomic E-state index is 0.167. The molecule has 0 aromatic carbocycles. The zero-order valence-corrected chi connectivity index (χ0v) is 10.7. The van der Waals surface area contributed by atoms with E-state index >= 15 is 0 Å². The van der Waals surface area contributed by atoms with Crippen molar-refractivity contribution in [3.63, 3.8) is 0 Å². The van der Waals surface area contributed by atoms with Crippen LogP contribution in [0.15, 0.2) is 12.1 Å². The Kier molecular flexibility index (Phi) is 4.93. The van der Waals surface area contributed by atoms with Gasteiger partial charge in [0.2, 0.25) is 0 Å². The van der Waals surface area contributed by atoms with Crippen LogP contribution in [0.1, 0.15) is 16.7 Å². The number of hydrogen-bond acceptors (Lipinski definition) is 5. The monoisotopic (exact) mass is 258 g/mol. The number of thiophene rings is 1. The fraction of sp³-hybridized carbons (Fsp3) is 0.500. The van der Waals surface area contributed by atoms with Crippen molar-refractivity contribution in [2.75, 3.05) is 18.1 Å². The maximum atomic E-state index is 11.2. The Bertz CT molecular complexity index is 471. The number of rotatable bonds is 6. The van der Waals surface area contributed by atoms with E-state index in [-0.39, 0.29) is 11.5 Å². The lowest BCUT2D eigenvalue weighted by Crippen LogP contribution is -2.23.